The van der Waals surface area contributed by atoms with E-state index in [0.717, 1.165) is 29.8 Å². The maximum Gasteiger partial charge on any atom is 0.323 e. The molecular weight excluding hydrogens is 498 g/mol. The van der Waals surface area contributed by atoms with Crippen molar-refractivity contribution < 1.29 is 19.0 Å². The van der Waals surface area contributed by atoms with Crippen molar-refractivity contribution in [3.05, 3.63) is 88.1 Å². The predicted molar refractivity (Wildman–Crippen MR) is 149 cm³/mol. The summed E-state index contributed by atoms with van der Waals surface area (Å²) in [4.78, 5) is 17.6. The van der Waals surface area contributed by atoms with Crippen LogP contribution in [0, 0.1) is 0 Å². The molecule has 3 heterocycles. The van der Waals surface area contributed by atoms with Gasteiger partial charge in [-0.3, -0.25) is 0 Å². The number of carbonyl (C=O) groups is 1. The molecule has 0 fully saturated rings. The van der Waals surface area contributed by atoms with Crippen LogP contribution >= 0.6 is 11.3 Å². The zero-order valence-electron chi connectivity index (χ0n) is 21.8. The zero-order chi connectivity index (χ0) is 26.2. The van der Waals surface area contributed by atoms with Gasteiger partial charge in [-0.15, -0.1) is 11.3 Å². The van der Waals surface area contributed by atoms with Crippen LogP contribution in [0.1, 0.15) is 46.1 Å². The van der Waals surface area contributed by atoms with E-state index in [0.29, 0.717) is 23.7 Å². The molecule has 2 aliphatic rings. The van der Waals surface area contributed by atoms with E-state index in [-0.39, 0.29) is 12.1 Å². The highest BCUT2D eigenvalue weighted by Crippen LogP contribution is 2.44. The number of hydrogen-bond acceptors (Lipinski definition) is 5. The Morgan fingerprint density at radius 1 is 0.921 bits per heavy atom. The van der Waals surface area contributed by atoms with Crippen LogP contribution < -0.4 is 19.5 Å². The number of ether oxygens (including phenoxy) is 3. The maximum absolute atomic E-state index is 14.2. The molecule has 1 atom stereocenters. The second kappa shape index (κ2) is 10.1. The number of nitrogens with one attached hydrogen (secondary N) is 1. The summed E-state index contributed by atoms with van der Waals surface area (Å²) in [7, 11) is 4.87. The molecule has 2 aromatic heterocycles. The summed E-state index contributed by atoms with van der Waals surface area (Å²) in [6.45, 7) is 0.512. The summed E-state index contributed by atoms with van der Waals surface area (Å²) in [6.07, 6.45) is 6.70. The first-order valence-electron chi connectivity index (χ1n) is 12.9. The Hall–Kier alpha value is -3.91. The average molecular weight is 530 g/mol. The van der Waals surface area contributed by atoms with Crippen molar-refractivity contribution in [3.63, 3.8) is 0 Å². The molecule has 196 valence electrons. The molecule has 2 amide bonds. The third kappa shape index (κ3) is 4.19. The van der Waals surface area contributed by atoms with E-state index in [1.807, 2.05) is 46.6 Å². The molecule has 1 N–H and O–H groups in total. The summed E-state index contributed by atoms with van der Waals surface area (Å²) < 4.78 is 18.7. The van der Waals surface area contributed by atoms with Crippen LogP contribution in [0.2, 0.25) is 0 Å². The number of hydrogen-bond donors (Lipinski definition) is 1. The summed E-state index contributed by atoms with van der Waals surface area (Å²) in [5.41, 5.74) is 5.31. The van der Waals surface area contributed by atoms with E-state index in [2.05, 4.69) is 28.2 Å². The van der Waals surface area contributed by atoms with Gasteiger partial charge in [-0.2, -0.15) is 0 Å². The number of benzene rings is 2. The number of aryl methyl sites for hydroxylation is 1. The third-order valence-corrected chi connectivity index (χ3v) is 8.85. The van der Waals surface area contributed by atoms with Crippen LogP contribution in [0.4, 0.5) is 10.5 Å². The Morgan fingerprint density at radius 2 is 1.68 bits per heavy atom. The Labute approximate surface area is 226 Å². The standard InChI is InChI=1S/C30H31N3O4S/c1-35-20-12-10-19(11-13-20)28-25-8-6-16-32(25)29-23(22-7-4-5-9-27(22)38-29)18-33(28)30(34)31-24-17-21(36-2)14-15-26(24)37-3/h6,8,10-17,28H,4-5,7,9,18H2,1-3H3,(H,31,34). The average Bonchev–Trinajstić information content (AvgIpc) is 3.55. The Bertz CT molecular complexity index is 1470. The van der Waals surface area contributed by atoms with Gasteiger partial charge in [0, 0.05) is 22.7 Å². The number of thiophene rings is 1. The van der Waals surface area contributed by atoms with E-state index in [1.54, 1.807) is 33.5 Å². The predicted octanol–water partition coefficient (Wildman–Crippen LogP) is 6.58. The van der Waals surface area contributed by atoms with E-state index in [4.69, 9.17) is 14.2 Å². The van der Waals surface area contributed by atoms with E-state index in [9.17, 15) is 4.79 Å². The molecular formula is C30H31N3O4S. The quantitative estimate of drug-likeness (QED) is 0.317. The van der Waals surface area contributed by atoms with Crippen LogP contribution in [0.5, 0.6) is 17.2 Å². The molecule has 0 saturated carbocycles. The third-order valence-electron chi connectivity index (χ3n) is 7.52. The number of nitrogens with zero attached hydrogens (tertiary/aromatic N) is 2. The molecule has 1 aliphatic heterocycles. The first-order chi connectivity index (χ1) is 18.6. The van der Waals surface area contributed by atoms with Crippen molar-refractivity contribution >= 4 is 23.1 Å². The smallest absolute Gasteiger partial charge is 0.323 e. The fraction of sp³-hybridized carbons (Fsp3) is 0.300. The Balaban J connectivity index is 1.48. The van der Waals surface area contributed by atoms with Crippen molar-refractivity contribution in [2.75, 3.05) is 26.6 Å². The number of amides is 2. The number of aromatic nitrogens is 1. The minimum atomic E-state index is -0.300. The lowest BCUT2D eigenvalue weighted by atomic mass is 9.95. The second-order valence-corrected chi connectivity index (χ2v) is 10.7. The highest BCUT2D eigenvalue weighted by molar-refractivity contribution is 7.15. The SMILES string of the molecule is COc1ccc(C2c3cccn3-c3sc4c(c3CN2C(=O)Nc2cc(OC)ccc2OC)CCCC4)cc1. The van der Waals surface area contributed by atoms with Crippen molar-refractivity contribution in [1.29, 1.82) is 0 Å². The van der Waals surface area contributed by atoms with Gasteiger partial charge in [0.05, 0.1) is 45.3 Å². The van der Waals surface area contributed by atoms with Crippen LogP contribution in [0.3, 0.4) is 0 Å². The monoisotopic (exact) mass is 529 g/mol. The number of carbonyl (C=O) groups excluding carboxylic acids is 1. The minimum Gasteiger partial charge on any atom is -0.497 e. The van der Waals surface area contributed by atoms with Crippen LogP contribution in [0.15, 0.2) is 60.8 Å². The molecule has 0 radical (unpaired) electrons. The maximum atomic E-state index is 14.2. The fourth-order valence-electron chi connectivity index (χ4n) is 5.62. The van der Waals surface area contributed by atoms with E-state index < -0.39 is 0 Å². The van der Waals surface area contributed by atoms with Gasteiger partial charge >= 0.3 is 6.03 Å². The summed E-state index contributed by atoms with van der Waals surface area (Å²) in [6, 6.07) is 17.1. The molecule has 8 heteroatoms. The van der Waals surface area contributed by atoms with E-state index >= 15 is 0 Å². The molecule has 2 aromatic carbocycles. The van der Waals surface area contributed by atoms with Gasteiger partial charge in [0.1, 0.15) is 22.2 Å². The van der Waals surface area contributed by atoms with Gasteiger partial charge in [0.25, 0.3) is 0 Å². The molecule has 0 saturated heterocycles. The lowest BCUT2D eigenvalue weighted by molar-refractivity contribution is 0.194. The molecule has 7 nitrogen and oxygen atoms in total. The lowest BCUT2D eigenvalue weighted by Gasteiger charge is -2.31. The number of fused-ring (bicyclic) bond motifs is 5. The highest BCUT2D eigenvalue weighted by atomic mass is 32.1. The summed E-state index contributed by atoms with van der Waals surface area (Å²) in [5.74, 6) is 2.00. The van der Waals surface area contributed by atoms with Gasteiger partial charge in [-0.25, -0.2) is 4.79 Å². The number of methoxy groups -OCH3 is 3. The van der Waals surface area contributed by atoms with Crippen molar-refractivity contribution in [2.45, 2.75) is 38.3 Å². The lowest BCUT2D eigenvalue weighted by Crippen LogP contribution is -2.38. The topological polar surface area (TPSA) is 65.0 Å². The first kappa shape index (κ1) is 24.4. The Kier molecular flexibility index (Phi) is 6.49. The van der Waals surface area contributed by atoms with Gasteiger partial charge in [0.2, 0.25) is 0 Å². The number of urea groups is 1. The molecule has 0 spiro atoms. The number of rotatable bonds is 5. The summed E-state index contributed by atoms with van der Waals surface area (Å²) >= 11 is 1.88. The van der Waals surface area contributed by atoms with Crippen molar-refractivity contribution in [2.24, 2.45) is 0 Å². The molecule has 4 aromatic rings. The fourth-order valence-corrected chi connectivity index (χ4v) is 7.03. The Morgan fingerprint density at radius 3 is 2.45 bits per heavy atom. The van der Waals surface area contributed by atoms with Crippen LogP contribution in [-0.2, 0) is 19.4 Å². The molecule has 38 heavy (non-hydrogen) atoms. The molecule has 0 bridgehead atoms. The van der Waals surface area contributed by atoms with E-state index in [1.165, 1.54) is 33.8 Å². The normalized spacial score (nSPS) is 16.1. The van der Waals surface area contributed by atoms with Gasteiger partial charge < -0.3 is 29.0 Å². The van der Waals surface area contributed by atoms with Crippen molar-refractivity contribution in [1.82, 2.24) is 9.47 Å². The molecule has 6 rings (SSSR count). The van der Waals surface area contributed by atoms with Crippen LogP contribution in [-0.4, -0.2) is 36.8 Å². The largest absolute Gasteiger partial charge is 0.497 e. The van der Waals surface area contributed by atoms with Gasteiger partial charge in [-0.05, 0) is 73.2 Å². The minimum absolute atomic E-state index is 0.200. The highest BCUT2D eigenvalue weighted by Gasteiger charge is 2.36. The van der Waals surface area contributed by atoms with Crippen molar-refractivity contribution in [3.8, 4) is 22.2 Å². The van der Waals surface area contributed by atoms with Gasteiger partial charge in [-0.1, -0.05) is 12.1 Å². The molecule has 1 unspecified atom stereocenters. The second-order valence-electron chi connectivity index (χ2n) is 9.60. The zero-order valence-corrected chi connectivity index (χ0v) is 22.6. The summed E-state index contributed by atoms with van der Waals surface area (Å²) in [5, 5.41) is 4.36. The van der Waals surface area contributed by atoms with Gasteiger partial charge in [0.15, 0.2) is 0 Å². The van der Waals surface area contributed by atoms with Crippen LogP contribution in [0.25, 0.3) is 5.00 Å². The first-order valence-corrected chi connectivity index (χ1v) is 13.7. The number of anilines is 1. The molecule has 1 aliphatic carbocycles.